The smallest absolute Gasteiger partial charge is 0.0991 e. The predicted octanol–water partition coefficient (Wildman–Crippen LogP) is 2.63. The molecule has 1 heterocycles. The zero-order valence-electron chi connectivity index (χ0n) is 11.1. The van der Waals surface area contributed by atoms with Gasteiger partial charge >= 0.3 is 0 Å². The SMILES string of the molecule is COCCNCc1cnc(SC(C)C)c(C)c1. The lowest BCUT2D eigenvalue weighted by Crippen LogP contribution is -2.18. The molecule has 1 aromatic rings. The molecule has 0 aliphatic heterocycles. The van der Waals surface area contributed by atoms with E-state index in [-0.39, 0.29) is 0 Å². The van der Waals surface area contributed by atoms with Crippen LogP contribution in [0.25, 0.3) is 0 Å². The third-order valence-corrected chi connectivity index (χ3v) is 3.37. The maximum absolute atomic E-state index is 4.98. The standard InChI is InChI=1S/C13H22N2OS/c1-10(2)17-13-11(3)7-12(9-15-13)8-14-5-6-16-4/h7,9-10,14H,5-6,8H2,1-4H3. The van der Waals surface area contributed by atoms with Gasteiger partial charge in [0, 0.05) is 31.6 Å². The Morgan fingerprint density at radius 2 is 2.24 bits per heavy atom. The van der Waals surface area contributed by atoms with E-state index in [2.05, 4.69) is 37.1 Å². The molecular formula is C13H22N2OS. The number of aryl methyl sites for hydroxylation is 1. The van der Waals surface area contributed by atoms with Crippen molar-refractivity contribution < 1.29 is 4.74 Å². The van der Waals surface area contributed by atoms with Crippen molar-refractivity contribution in [1.82, 2.24) is 10.3 Å². The van der Waals surface area contributed by atoms with E-state index < -0.39 is 0 Å². The van der Waals surface area contributed by atoms with Gasteiger partial charge in [0.25, 0.3) is 0 Å². The Bertz CT molecular complexity index is 342. The number of hydrogen-bond acceptors (Lipinski definition) is 4. The molecule has 17 heavy (non-hydrogen) atoms. The van der Waals surface area contributed by atoms with Crippen molar-refractivity contribution in [2.45, 2.75) is 37.6 Å². The third kappa shape index (κ3) is 5.52. The summed E-state index contributed by atoms with van der Waals surface area (Å²) in [5.74, 6) is 0. The first kappa shape index (κ1) is 14.5. The van der Waals surface area contributed by atoms with Gasteiger partial charge in [0.05, 0.1) is 11.6 Å². The molecule has 0 atom stereocenters. The van der Waals surface area contributed by atoms with Crippen LogP contribution in [0.1, 0.15) is 25.0 Å². The fraction of sp³-hybridized carbons (Fsp3) is 0.615. The predicted molar refractivity (Wildman–Crippen MR) is 73.5 cm³/mol. The van der Waals surface area contributed by atoms with E-state index in [1.807, 2.05) is 18.0 Å². The lowest BCUT2D eigenvalue weighted by Gasteiger charge is -2.09. The third-order valence-electron chi connectivity index (χ3n) is 2.25. The Labute approximate surface area is 108 Å². The highest BCUT2D eigenvalue weighted by atomic mass is 32.2. The van der Waals surface area contributed by atoms with Crippen LogP contribution in [0.2, 0.25) is 0 Å². The van der Waals surface area contributed by atoms with Crippen LogP contribution >= 0.6 is 11.8 Å². The van der Waals surface area contributed by atoms with Crippen molar-refractivity contribution in [3.05, 3.63) is 23.4 Å². The minimum atomic E-state index is 0.576. The molecule has 3 nitrogen and oxygen atoms in total. The summed E-state index contributed by atoms with van der Waals surface area (Å²) in [4.78, 5) is 4.51. The van der Waals surface area contributed by atoms with Crippen LogP contribution in [0.15, 0.2) is 17.3 Å². The molecule has 0 spiro atoms. The van der Waals surface area contributed by atoms with Gasteiger partial charge in [-0.3, -0.25) is 0 Å². The van der Waals surface area contributed by atoms with Gasteiger partial charge in [0.15, 0.2) is 0 Å². The fourth-order valence-electron chi connectivity index (χ4n) is 1.47. The average molecular weight is 254 g/mol. The molecule has 0 unspecified atom stereocenters. The van der Waals surface area contributed by atoms with Crippen molar-refractivity contribution in [1.29, 1.82) is 0 Å². The summed E-state index contributed by atoms with van der Waals surface area (Å²) < 4.78 is 4.98. The zero-order valence-corrected chi connectivity index (χ0v) is 11.9. The highest BCUT2D eigenvalue weighted by Crippen LogP contribution is 2.24. The van der Waals surface area contributed by atoms with E-state index in [0.29, 0.717) is 5.25 Å². The molecule has 0 radical (unpaired) electrons. The quantitative estimate of drug-likeness (QED) is 0.599. The number of aromatic nitrogens is 1. The van der Waals surface area contributed by atoms with Crippen molar-refractivity contribution >= 4 is 11.8 Å². The molecule has 96 valence electrons. The minimum Gasteiger partial charge on any atom is -0.383 e. The first-order valence-electron chi connectivity index (χ1n) is 5.95. The van der Waals surface area contributed by atoms with Crippen LogP contribution < -0.4 is 5.32 Å². The van der Waals surface area contributed by atoms with Gasteiger partial charge in [0.2, 0.25) is 0 Å². The number of ether oxygens (including phenoxy) is 1. The van der Waals surface area contributed by atoms with Crippen molar-refractivity contribution in [2.75, 3.05) is 20.3 Å². The molecule has 1 aromatic heterocycles. The Morgan fingerprint density at radius 1 is 1.47 bits per heavy atom. The summed E-state index contributed by atoms with van der Waals surface area (Å²) in [6, 6.07) is 2.21. The highest BCUT2D eigenvalue weighted by molar-refractivity contribution is 7.99. The Balaban J connectivity index is 2.50. The summed E-state index contributed by atoms with van der Waals surface area (Å²) in [5, 5.41) is 5.03. The van der Waals surface area contributed by atoms with Crippen LogP contribution in [0.4, 0.5) is 0 Å². The topological polar surface area (TPSA) is 34.1 Å². The second-order valence-corrected chi connectivity index (χ2v) is 5.87. The number of pyridine rings is 1. The number of nitrogens with zero attached hydrogens (tertiary/aromatic N) is 1. The highest BCUT2D eigenvalue weighted by Gasteiger charge is 2.04. The van der Waals surface area contributed by atoms with Crippen LogP contribution in [0.3, 0.4) is 0 Å². The molecule has 0 bridgehead atoms. The summed E-state index contributed by atoms with van der Waals surface area (Å²) >= 11 is 1.81. The number of thioether (sulfide) groups is 1. The van der Waals surface area contributed by atoms with Gasteiger partial charge in [-0.25, -0.2) is 4.98 Å². The number of nitrogens with one attached hydrogen (secondary N) is 1. The molecule has 0 aliphatic rings. The van der Waals surface area contributed by atoms with Crippen LogP contribution in [-0.2, 0) is 11.3 Å². The Hall–Kier alpha value is -0.580. The molecule has 0 fully saturated rings. The zero-order chi connectivity index (χ0) is 12.7. The lowest BCUT2D eigenvalue weighted by atomic mass is 10.2. The van der Waals surface area contributed by atoms with Gasteiger partial charge in [-0.2, -0.15) is 0 Å². The minimum absolute atomic E-state index is 0.576. The maximum atomic E-state index is 4.98. The number of rotatable bonds is 7. The van der Waals surface area contributed by atoms with Gasteiger partial charge in [-0.05, 0) is 18.1 Å². The molecule has 0 saturated carbocycles. The van der Waals surface area contributed by atoms with Gasteiger partial charge in [0.1, 0.15) is 0 Å². The van der Waals surface area contributed by atoms with E-state index in [0.717, 1.165) is 24.7 Å². The molecule has 0 aromatic carbocycles. The first-order valence-corrected chi connectivity index (χ1v) is 6.83. The maximum Gasteiger partial charge on any atom is 0.0991 e. The molecule has 0 aliphatic carbocycles. The van der Waals surface area contributed by atoms with Crippen LogP contribution in [0, 0.1) is 6.92 Å². The van der Waals surface area contributed by atoms with Crippen molar-refractivity contribution in [3.63, 3.8) is 0 Å². The first-order chi connectivity index (χ1) is 8.13. The summed E-state index contributed by atoms with van der Waals surface area (Å²) in [7, 11) is 1.71. The molecule has 0 amide bonds. The molecule has 1 rings (SSSR count). The molecule has 4 heteroatoms. The van der Waals surface area contributed by atoms with Crippen molar-refractivity contribution in [3.8, 4) is 0 Å². The lowest BCUT2D eigenvalue weighted by molar-refractivity contribution is 0.199. The number of hydrogen-bond donors (Lipinski definition) is 1. The van der Waals surface area contributed by atoms with E-state index in [9.17, 15) is 0 Å². The second-order valence-electron chi connectivity index (χ2n) is 4.30. The summed E-state index contributed by atoms with van der Waals surface area (Å²) in [6.07, 6.45) is 1.96. The van der Waals surface area contributed by atoms with Crippen molar-refractivity contribution in [2.24, 2.45) is 0 Å². The van der Waals surface area contributed by atoms with Gasteiger partial charge < -0.3 is 10.1 Å². The van der Waals surface area contributed by atoms with E-state index in [4.69, 9.17) is 4.74 Å². The number of methoxy groups -OCH3 is 1. The largest absolute Gasteiger partial charge is 0.383 e. The average Bonchev–Trinajstić information content (AvgIpc) is 2.27. The van der Waals surface area contributed by atoms with Crippen LogP contribution in [-0.4, -0.2) is 30.5 Å². The van der Waals surface area contributed by atoms with Gasteiger partial charge in [-0.15, -0.1) is 11.8 Å². The molecule has 1 N–H and O–H groups in total. The summed E-state index contributed by atoms with van der Waals surface area (Å²) in [6.45, 7) is 8.96. The second kappa shape index (κ2) is 7.69. The summed E-state index contributed by atoms with van der Waals surface area (Å²) in [5.41, 5.74) is 2.49. The Kier molecular flexibility index (Phi) is 6.55. The van der Waals surface area contributed by atoms with Gasteiger partial charge in [-0.1, -0.05) is 19.9 Å². The van der Waals surface area contributed by atoms with E-state index in [1.54, 1.807) is 7.11 Å². The van der Waals surface area contributed by atoms with E-state index >= 15 is 0 Å². The van der Waals surface area contributed by atoms with E-state index in [1.165, 1.54) is 11.1 Å². The molecular weight excluding hydrogens is 232 g/mol. The fourth-order valence-corrected chi connectivity index (χ4v) is 2.28. The molecule has 0 saturated heterocycles. The normalized spacial score (nSPS) is 11.1. The monoisotopic (exact) mass is 254 g/mol. The Morgan fingerprint density at radius 3 is 2.82 bits per heavy atom. The van der Waals surface area contributed by atoms with Crippen LogP contribution in [0.5, 0.6) is 0 Å².